The zero-order valence-electron chi connectivity index (χ0n) is 23.5. The third-order valence-corrected chi connectivity index (χ3v) is 11.2. The molecule has 1 heterocycles. The second-order valence-electron chi connectivity index (χ2n) is 11.9. The van der Waals surface area contributed by atoms with Gasteiger partial charge < -0.3 is 14.6 Å². The van der Waals surface area contributed by atoms with Crippen molar-refractivity contribution in [1.82, 2.24) is 0 Å². The summed E-state index contributed by atoms with van der Waals surface area (Å²) in [4.78, 5) is 11.4. The van der Waals surface area contributed by atoms with Gasteiger partial charge in [0.2, 0.25) is 0 Å². The number of anilines is 1. The first-order chi connectivity index (χ1) is 21.1. The Morgan fingerprint density at radius 2 is 1.64 bits per heavy atom. The molecule has 45 heavy (non-hydrogen) atoms. The minimum atomic E-state index is -4.81. The van der Waals surface area contributed by atoms with E-state index in [1.165, 1.54) is 18.2 Å². The van der Waals surface area contributed by atoms with Crippen LogP contribution < -0.4 is 13.8 Å². The molecule has 0 spiro atoms. The number of nitrogens with zero attached hydrogens (tertiary/aromatic N) is 1. The quantitative estimate of drug-likeness (QED) is 0.265. The molecule has 0 unspecified atom stereocenters. The van der Waals surface area contributed by atoms with E-state index in [0.717, 1.165) is 40.7 Å². The Kier molecular flexibility index (Phi) is 7.49. The Morgan fingerprint density at radius 1 is 0.956 bits per heavy atom. The molecule has 3 saturated carbocycles. The molecule has 0 amide bonds. The third-order valence-electron chi connectivity index (χ3n) is 9.45. The minimum absolute atomic E-state index is 0.0374. The van der Waals surface area contributed by atoms with E-state index in [9.17, 15) is 44.7 Å². The van der Waals surface area contributed by atoms with Crippen LogP contribution in [0.25, 0.3) is 11.1 Å². The molecule has 240 valence electrons. The highest BCUT2D eigenvalue weighted by atomic mass is 32.2. The smallest absolute Gasteiger partial charge is 0.416 e. The van der Waals surface area contributed by atoms with Gasteiger partial charge in [0.15, 0.2) is 0 Å². The number of halogens is 6. The highest BCUT2D eigenvalue weighted by Crippen LogP contribution is 2.60. The lowest BCUT2D eigenvalue weighted by Crippen LogP contribution is -2.57. The predicted octanol–water partition coefficient (Wildman–Crippen LogP) is 7.49. The average molecular weight is 656 g/mol. The van der Waals surface area contributed by atoms with Gasteiger partial charge in [-0.2, -0.15) is 22.0 Å². The van der Waals surface area contributed by atoms with Gasteiger partial charge in [-0.05, 0) is 92.1 Å². The SMILES string of the molecule is O=C(O)C12CCC([C@@H]3CN(S(=O)(=O)c4cccc(C(F)(F)F)c4)c4cc(-c5cc(F)cc(OC(F)F)c5)ccc4O3)(CC1)CC2. The summed E-state index contributed by atoms with van der Waals surface area (Å²) < 4.78 is 121. The fourth-order valence-corrected chi connectivity index (χ4v) is 8.37. The summed E-state index contributed by atoms with van der Waals surface area (Å²) in [5, 5.41) is 9.82. The minimum Gasteiger partial charge on any atom is -0.486 e. The normalized spacial score (nSPS) is 24.7. The highest BCUT2D eigenvalue weighted by molar-refractivity contribution is 7.92. The Morgan fingerprint density at radius 3 is 2.27 bits per heavy atom. The van der Waals surface area contributed by atoms with Gasteiger partial charge >= 0.3 is 18.8 Å². The van der Waals surface area contributed by atoms with Crippen LogP contribution in [0.5, 0.6) is 11.5 Å². The van der Waals surface area contributed by atoms with Gasteiger partial charge in [-0.25, -0.2) is 12.8 Å². The zero-order valence-corrected chi connectivity index (χ0v) is 24.3. The summed E-state index contributed by atoms with van der Waals surface area (Å²) in [5.74, 6) is -2.13. The molecule has 0 aromatic heterocycles. The molecule has 4 aliphatic rings. The first kappa shape index (κ1) is 31.1. The van der Waals surface area contributed by atoms with E-state index in [1.807, 2.05) is 0 Å². The maximum Gasteiger partial charge on any atom is 0.416 e. The van der Waals surface area contributed by atoms with Gasteiger partial charge in [-0.3, -0.25) is 9.10 Å². The first-order valence-electron chi connectivity index (χ1n) is 14.1. The number of hydrogen-bond donors (Lipinski definition) is 1. The van der Waals surface area contributed by atoms with Crippen LogP contribution in [0.3, 0.4) is 0 Å². The largest absolute Gasteiger partial charge is 0.486 e. The van der Waals surface area contributed by atoms with Gasteiger partial charge in [-0.15, -0.1) is 0 Å². The molecule has 3 aromatic rings. The van der Waals surface area contributed by atoms with Crippen molar-refractivity contribution in [2.24, 2.45) is 10.8 Å². The number of ether oxygens (including phenoxy) is 2. The van der Waals surface area contributed by atoms with Crippen LogP contribution in [-0.4, -0.2) is 38.8 Å². The van der Waals surface area contributed by atoms with E-state index in [1.54, 1.807) is 0 Å². The fraction of sp³-hybridized carbons (Fsp3) is 0.387. The van der Waals surface area contributed by atoms with Crippen LogP contribution in [0.4, 0.5) is 32.0 Å². The van der Waals surface area contributed by atoms with Crippen molar-refractivity contribution in [2.75, 3.05) is 10.8 Å². The number of carbonyl (C=O) groups is 1. The van der Waals surface area contributed by atoms with Crippen molar-refractivity contribution in [2.45, 2.75) is 62.3 Å². The summed E-state index contributed by atoms with van der Waals surface area (Å²) in [5.41, 5.74) is -2.32. The molecule has 3 aliphatic carbocycles. The predicted molar refractivity (Wildman–Crippen MR) is 149 cm³/mol. The molecule has 3 aromatic carbocycles. The topological polar surface area (TPSA) is 93.1 Å². The van der Waals surface area contributed by atoms with Gasteiger partial charge in [0.25, 0.3) is 10.0 Å². The van der Waals surface area contributed by atoms with Crippen molar-refractivity contribution < 1.29 is 54.1 Å². The number of fused-ring (bicyclic) bond motifs is 4. The second-order valence-corrected chi connectivity index (χ2v) is 13.7. The van der Waals surface area contributed by atoms with E-state index in [-0.39, 0.29) is 29.1 Å². The average Bonchev–Trinajstić information content (AvgIpc) is 3.00. The van der Waals surface area contributed by atoms with E-state index < -0.39 is 67.7 Å². The molecular formula is C31H27F6NO6S. The summed E-state index contributed by atoms with van der Waals surface area (Å²) in [6.45, 7) is -3.50. The second kappa shape index (κ2) is 10.8. The molecule has 1 atom stereocenters. The van der Waals surface area contributed by atoms with Crippen molar-refractivity contribution in [3.8, 4) is 22.6 Å². The van der Waals surface area contributed by atoms with Crippen molar-refractivity contribution >= 4 is 21.7 Å². The first-order valence-corrected chi connectivity index (χ1v) is 15.6. The molecule has 14 heteroatoms. The number of alkyl halides is 5. The van der Waals surface area contributed by atoms with Crippen LogP contribution >= 0.6 is 0 Å². The van der Waals surface area contributed by atoms with Crippen LogP contribution in [-0.2, 0) is 21.0 Å². The molecule has 0 saturated heterocycles. The third kappa shape index (κ3) is 5.57. The maximum atomic E-state index is 14.4. The lowest BCUT2D eigenvalue weighted by Gasteiger charge is -2.55. The van der Waals surface area contributed by atoms with Gasteiger partial charge in [0, 0.05) is 11.5 Å². The molecule has 2 bridgehead atoms. The van der Waals surface area contributed by atoms with Crippen LogP contribution in [0.2, 0.25) is 0 Å². The molecule has 3 fully saturated rings. The van der Waals surface area contributed by atoms with Gasteiger partial charge in [0.1, 0.15) is 23.4 Å². The number of hydrogen-bond acceptors (Lipinski definition) is 5. The molecular weight excluding hydrogens is 628 g/mol. The zero-order chi connectivity index (χ0) is 32.4. The van der Waals surface area contributed by atoms with Gasteiger partial charge in [0.05, 0.1) is 28.1 Å². The number of sulfonamides is 1. The lowest BCUT2D eigenvalue weighted by molar-refractivity contribution is -0.163. The monoisotopic (exact) mass is 655 g/mol. The number of carboxylic acids is 1. The van der Waals surface area contributed by atoms with E-state index in [2.05, 4.69) is 4.74 Å². The maximum absolute atomic E-state index is 14.4. The number of aliphatic carboxylic acids is 1. The standard InChI is InChI=1S/C31H27F6NO6S/c32-21-12-19(13-22(16-21)43-28(33)34)18-4-5-25-24(14-18)38(45(41,42)23-3-1-2-20(15-23)31(35,36)37)17-26(44-25)29-6-9-30(10-7-29,11-8-29)27(39)40/h1-5,12-16,26,28H,6-11,17H2,(H,39,40)/t26-,29?,30?/m0/s1. The fourth-order valence-electron chi connectivity index (χ4n) is 6.86. The summed E-state index contributed by atoms with van der Waals surface area (Å²) in [7, 11) is -4.65. The van der Waals surface area contributed by atoms with Crippen molar-refractivity contribution in [3.63, 3.8) is 0 Å². The van der Waals surface area contributed by atoms with Crippen molar-refractivity contribution in [3.05, 3.63) is 72.0 Å². The van der Waals surface area contributed by atoms with Crippen LogP contribution in [0.1, 0.15) is 44.1 Å². The summed E-state index contributed by atoms with van der Waals surface area (Å²) >= 11 is 0. The van der Waals surface area contributed by atoms with E-state index in [0.29, 0.717) is 44.6 Å². The molecule has 1 N–H and O–H groups in total. The molecule has 7 nitrogen and oxygen atoms in total. The molecule has 0 radical (unpaired) electrons. The van der Waals surface area contributed by atoms with Crippen molar-refractivity contribution in [1.29, 1.82) is 0 Å². The molecule has 7 rings (SSSR count). The summed E-state index contributed by atoms with van der Waals surface area (Å²) in [6, 6.07) is 10.6. The van der Waals surface area contributed by atoms with E-state index >= 15 is 0 Å². The number of benzene rings is 3. The number of rotatable bonds is 7. The number of carboxylic acid groups (broad SMARTS) is 1. The van der Waals surface area contributed by atoms with Gasteiger partial charge in [-0.1, -0.05) is 12.1 Å². The Bertz CT molecular complexity index is 1740. The lowest BCUT2D eigenvalue weighted by atomic mass is 9.52. The Hall–Kier alpha value is -3.94. The Balaban J connectivity index is 1.44. The summed E-state index contributed by atoms with van der Waals surface area (Å²) in [6.07, 6.45) is -3.01. The van der Waals surface area contributed by atoms with Crippen LogP contribution in [0, 0.1) is 16.6 Å². The van der Waals surface area contributed by atoms with Crippen LogP contribution in [0.15, 0.2) is 65.6 Å². The Labute approximate surface area is 254 Å². The van der Waals surface area contributed by atoms with E-state index in [4.69, 9.17) is 4.74 Å². The molecule has 1 aliphatic heterocycles. The highest BCUT2D eigenvalue weighted by Gasteiger charge is 2.57.